The van der Waals surface area contributed by atoms with Crippen molar-refractivity contribution in [2.45, 2.75) is 297 Å². The molecule has 74 heavy (non-hydrogen) atoms. The highest BCUT2D eigenvalue weighted by Crippen LogP contribution is 2.23. The Balaban J connectivity index is 4.23. The van der Waals surface area contributed by atoms with Gasteiger partial charge >= 0.3 is 5.97 Å². The predicted octanol–water partition coefficient (Wildman–Crippen LogP) is 24.2. The van der Waals surface area contributed by atoms with Gasteiger partial charge in [0, 0.05) is 6.42 Å². The highest BCUT2D eigenvalue weighted by molar-refractivity contribution is 5.69. The maximum Gasteiger partial charge on any atom is 0.306 e. The molecule has 2 heteroatoms. The van der Waals surface area contributed by atoms with Crippen LogP contribution in [0.25, 0.3) is 0 Å². The zero-order valence-corrected chi connectivity index (χ0v) is 52.1. The van der Waals surface area contributed by atoms with E-state index in [0.717, 1.165) is 114 Å². The number of allylic oxidation sites excluding steroid dienone is 21. The van der Waals surface area contributed by atoms with E-state index >= 15 is 0 Å². The third-order valence-electron chi connectivity index (χ3n) is 15.0. The summed E-state index contributed by atoms with van der Waals surface area (Å²) in [6.45, 7) is 37.0. The zero-order valence-electron chi connectivity index (χ0n) is 52.1. The van der Waals surface area contributed by atoms with E-state index in [1.165, 1.54) is 145 Å². The second-order valence-electron chi connectivity index (χ2n) is 24.2. The molecule has 0 aromatic heterocycles. The number of ether oxygens (including phenoxy) is 1. The number of rotatable bonds is 44. The molecule has 0 aliphatic heterocycles. The number of hydrogen-bond donors (Lipinski definition) is 0. The smallest absolute Gasteiger partial charge is 0.306 e. The first-order chi connectivity index (χ1) is 35.2. The number of hydrogen-bond acceptors (Lipinski definition) is 2. The van der Waals surface area contributed by atoms with Crippen molar-refractivity contribution in [2.24, 2.45) is 17.8 Å². The molecule has 422 valence electrons. The summed E-state index contributed by atoms with van der Waals surface area (Å²) in [5, 5.41) is 0. The predicted molar refractivity (Wildman–Crippen MR) is 335 cm³/mol. The van der Waals surface area contributed by atoms with E-state index in [1.807, 2.05) is 0 Å². The SMILES string of the molecule is CC(C)=CCC/C(C)=C/CC/C(C)=C/CC/C(C)=C/CC/C(C)=C/CC/C(C)=C/CC/C(C)=C/CC/C(C)=C/CC/C(C)=C/CC/C(C)=C/COC(=O)CC/C=C(\C)CCCC(C)CCCC(C)CCCC(C)C. The van der Waals surface area contributed by atoms with E-state index in [2.05, 4.69) is 178 Å². The van der Waals surface area contributed by atoms with Crippen LogP contribution in [0.4, 0.5) is 0 Å². The van der Waals surface area contributed by atoms with Crippen LogP contribution in [0, 0.1) is 17.8 Å². The van der Waals surface area contributed by atoms with Gasteiger partial charge in [0.05, 0.1) is 0 Å². The normalized spacial score (nSPS) is 15.1. The van der Waals surface area contributed by atoms with Crippen LogP contribution in [0.5, 0.6) is 0 Å². The van der Waals surface area contributed by atoms with Crippen LogP contribution in [-0.4, -0.2) is 12.6 Å². The van der Waals surface area contributed by atoms with Crippen LogP contribution in [0.3, 0.4) is 0 Å². The minimum atomic E-state index is -0.0936. The summed E-state index contributed by atoms with van der Waals surface area (Å²) in [5.74, 6) is 2.42. The molecule has 0 saturated heterocycles. The molecule has 2 nitrogen and oxygen atoms in total. The third-order valence-corrected chi connectivity index (χ3v) is 15.0. The summed E-state index contributed by atoms with van der Waals surface area (Å²) in [6, 6.07) is 0. The number of esters is 1. The van der Waals surface area contributed by atoms with Gasteiger partial charge in [-0.1, -0.05) is 195 Å². The topological polar surface area (TPSA) is 26.3 Å². The van der Waals surface area contributed by atoms with Gasteiger partial charge in [0.25, 0.3) is 0 Å². The average Bonchev–Trinajstić information content (AvgIpc) is 3.31. The lowest BCUT2D eigenvalue weighted by atomic mass is 9.91. The first kappa shape index (κ1) is 70.6. The lowest BCUT2D eigenvalue weighted by Crippen LogP contribution is -2.04. The molecule has 0 rings (SSSR count). The summed E-state index contributed by atoms with van der Waals surface area (Å²) < 4.78 is 5.54. The van der Waals surface area contributed by atoms with E-state index in [0.29, 0.717) is 13.0 Å². The zero-order chi connectivity index (χ0) is 55.4. The Hall–Kier alpha value is -3.39. The Morgan fingerprint density at radius 2 is 0.541 bits per heavy atom. The minimum Gasteiger partial charge on any atom is -0.461 e. The van der Waals surface area contributed by atoms with Crippen molar-refractivity contribution in [3.05, 3.63) is 128 Å². The quantitative estimate of drug-likeness (QED) is 0.0449. The van der Waals surface area contributed by atoms with Crippen molar-refractivity contribution in [1.29, 1.82) is 0 Å². The van der Waals surface area contributed by atoms with Crippen LogP contribution < -0.4 is 0 Å². The molecule has 0 fully saturated rings. The van der Waals surface area contributed by atoms with E-state index in [1.54, 1.807) is 0 Å². The molecule has 0 aliphatic carbocycles. The Morgan fingerprint density at radius 1 is 0.297 bits per heavy atom. The monoisotopic (exact) mass is 1020 g/mol. The van der Waals surface area contributed by atoms with Gasteiger partial charge in [-0.05, 0) is 242 Å². The van der Waals surface area contributed by atoms with Crippen molar-refractivity contribution in [2.75, 3.05) is 6.61 Å². The molecule has 0 N–H and O–H groups in total. The molecule has 0 radical (unpaired) electrons. The van der Waals surface area contributed by atoms with E-state index in [9.17, 15) is 4.79 Å². The standard InChI is InChI=1S/C72H122O2/c1-58(2)30-17-32-60(5)34-19-36-62(7)38-21-39-64(9)40-22-41-65(10)42-23-43-66(11)44-24-45-67(12)46-25-47-68(13)48-26-49-69(14)52-28-53-71(16)56-57-74-72(73)55-29-54-70(15)51-27-50-63(8)37-20-35-61(6)33-18-31-59(3)4/h30,34,38,40,42,44,46,48,52,54,56,59,61,63H,17-29,31-33,35-37,39,41,43,45,47,49-51,53,55,57H2,1-16H3/b60-34+,62-38+,64-40+,65-42+,66-44+,67-46+,68-48+,69-52+,70-54+,71-56+. The van der Waals surface area contributed by atoms with E-state index in [-0.39, 0.29) is 5.97 Å². The van der Waals surface area contributed by atoms with Crippen molar-refractivity contribution in [3.63, 3.8) is 0 Å². The van der Waals surface area contributed by atoms with Crippen LogP contribution in [0.2, 0.25) is 0 Å². The largest absolute Gasteiger partial charge is 0.461 e. The first-order valence-corrected chi connectivity index (χ1v) is 30.6. The van der Waals surface area contributed by atoms with Gasteiger partial charge in [-0.25, -0.2) is 0 Å². The minimum absolute atomic E-state index is 0.0936. The Bertz CT molecular complexity index is 1830. The first-order valence-electron chi connectivity index (χ1n) is 30.6. The highest BCUT2D eigenvalue weighted by atomic mass is 16.5. The maximum atomic E-state index is 12.4. The van der Waals surface area contributed by atoms with Gasteiger partial charge < -0.3 is 4.74 Å². The third kappa shape index (κ3) is 48.3. The van der Waals surface area contributed by atoms with Crippen LogP contribution >= 0.6 is 0 Å². The fourth-order valence-corrected chi connectivity index (χ4v) is 9.47. The summed E-state index contributed by atoms with van der Waals surface area (Å²) in [6.07, 6.45) is 60.0. The highest BCUT2D eigenvalue weighted by Gasteiger charge is 2.08. The summed E-state index contributed by atoms with van der Waals surface area (Å²) in [5.41, 5.74) is 16.2. The van der Waals surface area contributed by atoms with Crippen LogP contribution in [0.1, 0.15) is 297 Å². The Kier molecular flexibility index (Phi) is 44.7. The van der Waals surface area contributed by atoms with Gasteiger partial charge in [-0.3, -0.25) is 4.79 Å². The molecular weight excluding hydrogens is 897 g/mol. The molecule has 2 atom stereocenters. The molecule has 2 unspecified atom stereocenters. The molecule has 0 amide bonds. The summed E-state index contributed by atoms with van der Waals surface area (Å²) in [4.78, 5) is 12.4. The van der Waals surface area contributed by atoms with Crippen molar-refractivity contribution >= 4 is 5.97 Å². The number of carbonyl (C=O) groups is 1. The van der Waals surface area contributed by atoms with Crippen molar-refractivity contribution in [3.8, 4) is 0 Å². The Labute approximate surface area is 462 Å². The molecule has 0 spiro atoms. The van der Waals surface area contributed by atoms with Crippen LogP contribution in [0.15, 0.2) is 128 Å². The van der Waals surface area contributed by atoms with Gasteiger partial charge in [-0.15, -0.1) is 0 Å². The van der Waals surface area contributed by atoms with Gasteiger partial charge in [0.1, 0.15) is 6.61 Å². The van der Waals surface area contributed by atoms with Crippen molar-refractivity contribution < 1.29 is 9.53 Å². The molecule has 0 aromatic rings. The van der Waals surface area contributed by atoms with E-state index < -0.39 is 0 Å². The lowest BCUT2D eigenvalue weighted by molar-refractivity contribution is -0.142. The molecule has 0 heterocycles. The second-order valence-corrected chi connectivity index (χ2v) is 24.2. The fraction of sp³-hybridized carbons (Fsp3) is 0.681. The fourth-order valence-electron chi connectivity index (χ4n) is 9.47. The van der Waals surface area contributed by atoms with Gasteiger partial charge in [-0.2, -0.15) is 0 Å². The lowest BCUT2D eigenvalue weighted by Gasteiger charge is -2.15. The summed E-state index contributed by atoms with van der Waals surface area (Å²) in [7, 11) is 0. The van der Waals surface area contributed by atoms with Gasteiger partial charge in [0.2, 0.25) is 0 Å². The Morgan fingerprint density at radius 3 is 0.838 bits per heavy atom. The molecule has 0 saturated carbocycles. The average molecular weight is 1020 g/mol. The molecule has 0 bridgehead atoms. The number of carbonyl (C=O) groups excluding carboxylic acids is 1. The van der Waals surface area contributed by atoms with Crippen molar-refractivity contribution in [1.82, 2.24) is 0 Å². The second kappa shape index (κ2) is 46.9. The maximum absolute atomic E-state index is 12.4. The molecule has 0 aliphatic rings. The molecule has 0 aromatic carbocycles. The van der Waals surface area contributed by atoms with Crippen LogP contribution in [-0.2, 0) is 9.53 Å². The molecular formula is C72H122O2. The van der Waals surface area contributed by atoms with E-state index in [4.69, 9.17) is 4.74 Å². The van der Waals surface area contributed by atoms with Gasteiger partial charge in [0.15, 0.2) is 0 Å². The summed E-state index contributed by atoms with van der Waals surface area (Å²) >= 11 is 0.